The number of hydrogen-bond acceptors (Lipinski definition) is 0. The third-order valence-corrected chi connectivity index (χ3v) is 14.4. The zero-order chi connectivity index (χ0) is 50.2. The molecule has 0 heteroatoms. The Morgan fingerprint density at radius 2 is 0.625 bits per heavy atom. The lowest BCUT2D eigenvalue weighted by Gasteiger charge is -2.22. The molecule has 72 heavy (non-hydrogen) atoms. The number of benzene rings is 12. The van der Waals surface area contributed by atoms with Crippen LogP contribution in [-0.4, -0.2) is 0 Å². The van der Waals surface area contributed by atoms with Gasteiger partial charge < -0.3 is 0 Å². The highest BCUT2D eigenvalue weighted by molar-refractivity contribution is 6.13. The Morgan fingerprint density at radius 3 is 1.22 bits per heavy atom. The predicted molar refractivity (Wildman–Crippen MR) is 317 cm³/mol. The number of rotatable bonds is 3. The molecule has 12 rings (SSSR count). The zero-order valence-corrected chi connectivity index (χ0v) is 43.5. The van der Waals surface area contributed by atoms with Gasteiger partial charge >= 0.3 is 0 Å². The molecular formula is C72H66. The Balaban J connectivity index is 0.000000124. The minimum absolute atomic E-state index is 0.143. The summed E-state index contributed by atoms with van der Waals surface area (Å²) in [5.74, 6) is 0. The summed E-state index contributed by atoms with van der Waals surface area (Å²) < 4.78 is 0. The first-order chi connectivity index (χ1) is 34.6. The van der Waals surface area contributed by atoms with Crippen molar-refractivity contribution in [1.29, 1.82) is 0 Å². The third-order valence-electron chi connectivity index (χ3n) is 14.4. The average Bonchev–Trinajstić information content (AvgIpc) is 3.40. The van der Waals surface area contributed by atoms with Crippen LogP contribution in [0.25, 0.3) is 98.0 Å². The molecule has 12 aromatic carbocycles. The fourth-order valence-corrected chi connectivity index (χ4v) is 10.3. The van der Waals surface area contributed by atoms with Crippen molar-refractivity contribution in [3.05, 3.63) is 253 Å². The molecule has 0 atom stereocenters. The predicted octanol–water partition coefficient (Wildman–Crippen LogP) is 20.9. The largest absolute Gasteiger partial charge is 0.0622 e. The Bertz CT molecular complexity index is 3870. The van der Waals surface area contributed by atoms with Crippen molar-refractivity contribution in [2.45, 2.75) is 78.6 Å². The van der Waals surface area contributed by atoms with Gasteiger partial charge in [0, 0.05) is 0 Å². The van der Waals surface area contributed by atoms with Gasteiger partial charge in [0.15, 0.2) is 0 Å². The Labute approximate surface area is 427 Å². The smallest absolute Gasteiger partial charge is 0.00990 e. The van der Waals surface area contributed by atoms with Crippen molar-refractivity contribution in [3.8, 4) is 33.4 Å². The lowest BCUT2D eigenvalue weighted by molar-refractivity contribution is 0.591. The molecule has 0 bridgehead atoms. The standard InChI is InChI=1S/3C24H22/c1-24(2,3)23-14-8-13-20-19-12-7-11-18(17-9-5-4-6-10-17)21(19)15-16-22(20)23;1-24(2,3)21-12-14-23-20(16-21)10-9-19-15-18(11-13-22(19)23)17-7-5-4-6-8-17;1-24(2,3)21-14-13-19-10-9-18-11-12-20(15-22(18)23(19)16-21)17-7-5-4-6-8-17/h3*4-16H,1-3H3. The van der Waals surface area contributed by atoms with Gasteiger partial charge in [0.25, 0.3) is 0 Å². The second kappa shape index (κ2) is 19.4. The first kappa shape index (κ1) is 47.9. The van der Waals surface area contributed by atoms with E-state index in [-0.39, 0.29) is 16.2 Å². The molecule has 0 saturated heterocycles. The van der Waals surface area contributed by atoms with Gasteiger partial charge in [-0.1, -0.05) is 287 Å². The molecule has 0 aliphatic heterocycles. The zero-order valence-electron chi connectivity index (χ0n) is 43.5. The van der Waals surface area contributed by atoms with E-state index in [0.717, 1.165) is 0 Å². The van der Waals surface area contributed by atoms with Gasteiger partial charge in [-0.2, -0.15) is 0 Å². The first-order valence-corrected chi connectivity index (χ1v) is 25.7. The Kier molecular flexibility index (Phi) is 12.9. The molecule has 12 aromatic rings. The summed E-state index contributed by atoms with van der Waals surface area (Å²) in [7, 11) is 0. The molecule has 0 amide bonds. The van der Waals surface area contributed by atoms with Crippen LogP contribution in [-0.2, 0) is 16.2 Å². The third kappa shape index (κ3) is 9.93. The van der Waals surface area contributed by atoms with E-state index in [1.807, 2.05) is 0 Å². The summed E-state index contributed by atoms with van der Waals surface area (Å²) in [4.78, 5) is 0. The SMILES string of the molecule is CC(C)(C)c1ccc2c(ccc3cc(-c4ccccc4)ccc32)c1.CC(C)(C)c1ccc2ccc3ccc(-c4ccccc4)cc3c2c1.CC(C)(C)c1cccc2c1ccc1c(-c3ccccc3)cccc12. The second-order valence-electron chi connectivity index (χ2n) is 22.6. The van der Waals surface area contributed by atoms with Gasteiger partial charge in [0.2, 0.25) is 0 Å². The molecule has 0 heterocycles. The van der Waals surface area contributed by atoms with E-state index in [4.69, 9.17) is 0 Å². The molecule has 354 valence electrons. The molecule has 0 saturated carbocycles. The van der Waals surface area contributed by atoms with Gasteiger partial charge in [-0.15, -0.1) is 0 Å². The number of fused-ring (bicyclic) bond motifs is 9. The maximum atomic E-state index is 2.37. The topological polar surface area (TPSA) is 0 Å². The van der Waals surface area contributed by atoms with Gasteiger partial charge in [0.1, 0.15) is 0 Å². The summed E-state index contributed by atoms with van der Waals surface area (Å²) in [6.07, 6.45) is 0. The van der Waals surface area contributed by atoms with Crippen molar-refractivity contribution >= 4 is 64.6 Å². The molecule has 0 N–H and O–H groups in total. The van der Waals surface area contributed by atoms with Crippen molar-refractivity contribution in [1.82, 2.24) is 0 Å². The second-order valence-corrected chi connectivity index (χ2v) is 22.6. The van der Waals surface area contributed by atoms with E-state index in [1.165, 1.54) is 115 Å². The highest BCUT2D eigenvalue weighted by Gasteiger charge is 2.19. The van der Waals surface area contributed by atoms with E-state index >= 15 is 0 Å². The molecule has 0 nitrogen and oxygen atoms in total. The van der Waals surface area contributed by atoms with Crippen molar-refractivity contribution in [2.75, 3.05) is 0 Å². The lowest BCUT2D eigenvalue weighted by atomic mass is 9.82. The first-order valence-electron chi connectivity index (χ1n) is 25.7. The molecule has 0 aromatic heterocycles. The van der Waals surface area contributed by atoms with Crippen molar-refractivity contribution in [2.24, 2.45) is 0 Å². The molecule has 0 fully saturated rings. The van der Waals surface area contributed by atoms with Crippen LogP contribution in [0.4, 0.5) is 0 Å². The van der Waals surface area contributed by atoms with Crippen LogP contribution in [0.15, 0.2) is 237 Å². The van der Waals surface area contributed by atoms with E-state index in [2.05, 4.69) is 299 Å². The van der Waals surface area contributed by atoms with Gasteiger partial charge in [-0.05, 0) is 143 Å². The average molecular weight is 931 g/mol. The molecule has 0 radical (unpaired) electrons. The van der Waals surface area contributed by atoms with Gasteiger partial charge in [-0.25, -0.2) is 0 Å². The van der Waals surface area contributed by atoms with Crippen LogP contribution in [0, 0.1) is 0 Å². The summed E-state index contributed by atoms with van der Waals surface area (Å²) in [6.45, 7) is 20.5. The molecule has 0 aliphatic rings. The maximum Gasteiger partial charge on any atom is -0.00990 e. The Hall–Kier alpha value is -7.80. The van der Waals surface area contributed by atoms with Crippen LogP contribution in [0.3, 0.4) is 0 Å². The van der Waals surface area contributed by atoms with Crippen LogP contribution >= 0.6 is 0 Å². The minimum Gasteiger partial charge on any atom is -0.0622 e. The van der Waals surface area contributed by atoms with Gasteiger partial charge in [-0.3, -0.25) is 0 Å². The van der Waals surface area contributed by atoms with Crippen LogP contribution in [0.5, 0.6) is 0 Å². The number of hydrogen-bond donors (Lipinski definition) is 0. The lowest BCUT2D eigenvalue weighted by Crippen LogP contribution is -2.11. The van der Waals surface area contributed by atoms with Crippen LogP contribution in [0.1, 0.15) is 79.0 Å². The molecular weight excluding hydrogens is 865 g/mol. The molecule has 0 unspecified atom stereocenters. The Morgan fingerprint density at radius 1 is 0.208 bits per heavy atom. The highest BCUT2D eigenvalue weighted by Crippen LogP contribution is 2.38. The summed E-state index contributed by atoms with van der Waals surface area (Å²) in [6, 6.07) is 86.0. The molecule has 0 spiro atoms. The maximum absolute atomic E-state index is 2.37. The van der Waals surface area contributed by atoms with E-state index < -0.39 is 0 Å². The van der Waals surface area contributed by atoms with Crippen LogP contribution < -0.4 is 0 Å². The quantitative estimate of drug-likeness (QED) is 0.155. The molecule has 0 aliphatic carbocycles. The van der Waals surface area contributed by atoms with Crippen LogP contribution in [0.2, 0.25) is 0 Å². The van der Waals surface area contributed by atoms with Gasteiger partial charge in [0.05, 0.1) is 0 Å². The summed E-state index contributed by atoms with van der Waals surface area (Å²) >= 11 is 0. The van der Waals surface area contributed by atoms with E-state index in [0.29, 0.717) is 0 Å². The minimum atomic E-state index is 0.143. The normalized spacial score (nSPS) is 12.0. The van der Waals surface area contributed by atoms with Crippen molar-refractivity contribution in [3.63, 3.8) is 0 Å². The summed E-state index contributed by atoms with van der Waals surface area (Å²) in [5.41, 5.74) is 12.3. The van der Waals surface area contributed by atoms with E-state index in [9.17, 15) is 0 Å². The fraction of sp³-hybridized carbons (Fsp3) is 0.167. The fourth-order valence-electron chi connectivity index (χ4n) is 10.3. The highest BCUT2D eigenvalue weighted by atomic mass is 14.2. The van der Waals surface area contributed by atoms with E-state index in [1.54, 1.807) is 0 Å². The van der Waals surface area contributed by atoms with Crippen molar-refractivity contribution < 1.29 is 0 Å². The summed E-state index contributed by atoms with van der Waals surface area (Å²) in [5, 5.41) is 15.9. The monoisotopic (exact) mass is 931 g/mol.